The fourth-order valence-corrected chi connectivity index (χ4v) is 4.37. The molecule has 2 N–H and O–H groups in total. The second-order valence-electron chi connectivity index (χ2n) is 6.16. The highest BCUT2D eigenvalue weighted by Crippen LogP contribution is 2.33. The number of rotatable bonds is 5. The maximum absolute atomic E-state index is 12.4. The number of aryl methyl sites for hydroxylation is 2. The Morgan fingerprint density at radius 3 is 2.95 bits per heavy atom. The Morgan fingerprint density at radius 1 is 1.41 bits per heavy atom. The Bertz CT molecular complexity index is 722. The molecule has 0 bridgehead atoms. The Morgan fingerprint density at radius 2 is 2.18 bits per heavy atom. The van der Waals surface area contributed by atoms with Crippen LogP contribution in [0.1, 0.15) is 42.5 Å². The molecule has 1 unspecified atom stereocenters. The van der Waals surface area contributed by atoms with Gasteiger partial charge in [-0.1, -0.05) is 6.92 Å². The van der Waals surface area contributed by atoms with E-state index < -0.39 is 0 Å². The molecule has 0 saturated carbocycles. The van der Waals surface area contributed by atoms with E-state index in [0.29, 0.717) is 18.9 Å². The number of nitrogens with zero attached hydrogens (tertiary/aromatic N) is 2. The highest BCUT2D eigenvalue weighted by atomic mass is 32.1. The van der Waals surface area contributed by atoms with Crippen molar-refractivity contribution < 1.29 is 5.11 Å². The molecular weight excluding hydrogens is 298 g/mol. The van der Waals surface area contributed by atoms with Crippen LogP contribution in [0, 0.1) is 0 Å². The summed E-state index contributed by atoms with van der Waals surface area (Å²) in [5.41, 5.74) is 1.21. The molecule has 0 saturated heterocycles. The first-order valence-electron chi connectivity index (χ1n) is 7.98. The van der Waals surface area contributed by atoms with Crippen LogP contribution in [0.2, 0.25) is 0 Å². The van der Waals surface area contributed by atoms with Crippen LogP contribution in [0.25, 0.3) is 10.2 Å². The molecule has 0 amide bonds. The average Bonchev–Trinajstić information content (AvgIpc) is 2.85. The number of aromatic nitrogens is 2. The number of hydrogen-bond donors (Lipinski definition) is 2. The van der Waals surface area contributed by atoms with E-state index in [1.807, 2.05) is 18.9 Å². The van der Waals surface area contributed by atoms with Gasteiger partial charge in [0.1, 0.15) is 10.7 Å². The average molecular weight is 321 g/mol. The van der Waals surface area contributed by atoms with Gasteiger partial charge in [-0.05, 0) is 44.7 Å². The topological polar surface area (TPSA) is 69.2 Å². The van der Waals surface area contributed by atoms with E-state index in [-0.39, 0.29) is 11.7 Å². The maximum atomic E-state index is 12.4. The largest absolute Gasteiger partial charge is 0.392 e. The fraction of sp³-hybridized carbons (Fsp3) is 0.625. The lowest BCUT2D eigenvalue weighted by Gasteiger charge is -2.18. The van der Waals surface area contributed by atoms with Crippen LogP contribution in [0.5, 0.6) is 0 Å². The van der Waals surface area contributed by atoms with Gasteiger partial charge in [-0.2, -0.15) is 0 Å². The van der Waals surface area contributed by atoms with Crippen molar-refractivity contribution in [3.05, 3.63) is 26.6 Å². The number of H-pyrrole nitrogens is 1. The molecule has 0 aromatic carbocycles. The van der Waals surface area contributed by atoms with Crippen LogP contribution in [-0.2, 0) is 19.4 Å². The molecule has 1 aliphatic rings. The monoisotopic (exact) mass is 321 g/mol. The smallest absolute Gasteiger partial charge is 0.259 e. The highest BCUT2D eigenvalue weighted by molar-refractivity contribution is 7.18. The van der Waals surface area contributed by atoms with E-state index in [9.17, 15) is 9.90 Å². The first kappa shape index (κ1) is 15.6. The normalized spacial score (nSPS) is 16.2. The minimum atomic E-state index is -0.338. The summed E-state index contributed by atoms with van der Waals surface area (Å²) in [4.78, 5) is 24.2. The predicted octanol–water partition coefficient (Wildman–Crippen LogP) is 2.07. The lowest BCUT2D eigenvalue weighted by Crippen LogP contribution is -2.29. The van der Waals surface area contributed by atoms with Gasteiger partial charge in [-0.15, -0.1) is 11.3 Å². The van der Waals surface area contributed by atoms with E-state index in [1.165, 1.54) is 16.9 Å². The number of likely N-dealkylation sites (N-methyl/N-ethyl adjacent to an activating group) is 1. The van der Waals surface area contributed by atoms with Gasteiger partial charge >= 0.3 is 0 Å². The minimum Gasteiger partial charge on any atom is -0.392 e. The second kappa shape index (κ2) is 6.48. The van der Waals surface area contributed by atoms with Gasteiger partial charge < -0.3 is 10.1 Å². The third kappa shape index (κ3) is 3.09. The summed E-state index contributed by atoms with van der Waals surface area (Å²) in [7, 11) is 1.93. The summed E-state index contributed by atoms with van der Waals surface area (Å²) >= 11 is 1.67. The van der Waals surface area contributed by atoms with Crippen molar-refractivity contribution >= 4 is 21.6 Å². The van der Waals surface area contributed by atoms with Gasteiger partial charge in [-0.3, -0.25) is 9.69 Å². The molecular formula is C16H23N3O2S. The zero-order chi connectivity index (χ0) is 15.7. The van der Waals surface area contributed by atoms with Crippen LogP contribution < -0.4 is 5.56 Å². The van der Waals surface area contributed by atoms with Crippen molar-refractivity contribution in [1.29, 1.82) is 0 Å². The second-order valence-corrected chi connectivity index (χ2v) is 7.25. The summed E-state index contributed by atoms with van der Waals surface area (Å²) in [5, 5.41) is 10.5. The summed E-state index contributed by atoms with van der Waals surface area (Å²) < 4.78 is 0. The molecule has 0 spiro atoms. The first-order valence-corrected chi connectivity index (χ1v) is 8.80. The van der Waals surface area contributed by atoms with E-state index >= 15 is 0 Å². The highest BCUT2D eigenvalue weighted by Gasteiger charge is 2.20. The molecule has 0 aliphatic heterocycles. The van der Waals surface area contributed by atoms with E-state index in [0.717, 1.165) is 35.9 Å². The lowest BCUT2D eigenvalue weighted by molar-refractivity contribution is 0.118. The molecule has 2 aromatic rings. The van der Waals surface area contributed by atoms with Gasteiger partial charge in [0.2, 0.25) is 0 Å². The maximum Gasteiger partial charge on any atom is 0.259 e. The SMILES string of the molecule is CCC(O)CN(C)Cc1nc2sc3c(c2c(=O)[nH]1)CCCC3. The zero-order valence-electron chi connectivity index (χ0n) is 13.2. The lowest BCUT2D eigenvalue weighted by atomic mass is 9.97. The summed E-state index contributed by atoms with van der Waals surface area (Å²) in [6, 6.07) is 0. The Hall–Kier alpha value is -1.24. The Kier molecular flexibility index (Phi) is 4.61. The van der Waals surface area contributed by atoms with Crippen molar-refractivity contribution in [3.8, 4) is 0 Å². The number of aliphatic hydroxyl groups excluding tert-OH is 1. The zero-order valence-corrected chi connectivity index (χ0v) is 14.0. The van der Waals surface area contributed by atoms with Crippen LogP contribution >= 0.6 is 11.3 Å². The van der Waals surface area contributed by atoms with E-state index in [2.05, 4.69) is 9.97 Å². The molecule has 22 heavy (non-hydrogen) atoms. The summed E-state index contributed by atoms with van der Waals surface area (Å²) in [5.74, 6) is 0.682. The number of thiophene rings is 1. The standard InChI is InChI=1S/C16H23N3O2S/c1-3-10(20)8-19(2)9-13-17-15(21)14-11-6-4-5-7-12(11)22-16(14)18-13/h10,20H,3-9H2,1-2H3,(H,17,18,21). The van der Waals surface area contributed by atoms with Crippen molar-refractivity contribution in [3.63, 3.8) is 0 Å². The molecule has 6 heteroatoms. The van der Waals surface area contributed by atoms with Crippen LogP contribution in [0.4, 0.5) is 0 Å². The Labute approximate surface area is 134 Å². The van der Waals surface area contributed by atoms with Gasteiger partial charge in [0.05, 0.1) is 18.0 Å². The molecule has 1 aliphatic carbocycles. The number of nitrogens with one attached hydrogen (secondary N) is 1. The van der Waals surface area contributed by atoms with Gasteiger partial charge in [0.15, 0.2) is 0 Å². The third-order valence-corrected chi connectivity index (χ3v) is 5.47. The predicted molar refractivity (Wildman–Crippen MR) is 89.5 cm³/mol. The van der Waals surface area contributed by atoms with Crippen molar-refractivity contribution in [2.24, 2.45) is 0 Å². The van der Waals surface area contributed by atoms with Crippen molar-refractivity contribution in [1.82, 2.24) is 14.9 Å². The molecule has 5 nitrogen and oxygen atoms in total. The summed E-state index contributed by atoms with van der Waals surface area (Å²) in [6.45, 7) is 3.09. The third-order valence-electron chi connectivity index (χ3n) is 4.29. The number of aromatic amines is 1. The molecule has 120 valence electrons. The van der Waals surface area contributed by atoms with Gasteiger partial charge in [0, 0.05) is 11.4 Å². The summed E-state index contributed by atoms with van der Waals surface area (Å²) in [6.07, 6.45) is 4.84. The Balaban J connectivity index is 1.88. The molecule has 0 radical (unpaired) electrons. The molecule has 1 atom stereocenters. The molecule has 0 fully saturated rings. The van der Waals surface area contributed by atoms with E-state index in [4.69, 9.17) is 0 Å². The van der Waals surface area contributed by atoms with Crippen LogP contribution in [0.3, 0.4) is 0 Å². The number of fused-ring (bicyclic) bond motifs is 3. The molecule has 2 aromatic heterocycles. The first-order chi connectivity index (χ1) is 10.6. The molecule has 2 heterocycles. The molecule has 3 rings (SSSR count). The van der Waals surface area contributed by atoms with Crippen LogP contribution in [-0.4, -0.2) is 39.7 Å². The number of aliphatic hydroxyl groups is 1. The van der Waals surface area contributed by atoms with Crippen molar-refractivity contribution in [2.45, 2.75) is 51.7 Å². The minimum absolute atomic E-state index is 0.0103. The van der Waals surface area contributed by atoms with Crippen LogP contribution in [0.15, 0.2) is 4.79 Å². The fourth-order valence-electron chi connectivity index (χ4n) is 3.09. The van der Waals surface area contributed by atoms with Gasteiger partial charge in [0.25, 0.3) is 5.56 Å². The number of hydrogen-bond acceptors (Lipinski definition) is 5. The quantitative estimate of drug-likeness (QED) is 0.884. The van der Waals surface area contributed by atoms with Gasteiger partial charge in [-0.25, -0.2) is 4.98 Å². The van der Waals surface area contributed by atoms with Crippen molar-refractivity contribution in [2.75, 3.05) is 13.6 Å². The van der Waals surface area contributed by atoms with E-state index in [1.54, 1.807) is 11.3 Å².